The van der Waals surface area contributed by atoms with Crippen LogP contribution in [0.5, 0.6) is 17.2 Å². The number of carbonyl (C=O) groups is 1. The summed E-state index contributed by atoms with van der Waals surface area (Å²) in [5, 5.41) is 2.71. The van der Waals surface area contributed by atoms with Gasteiger partial charge < -0.3 is 14.8 Å². The highest BCUT2D eigenvalue weighted by Gasteiger charge is 2.56. The van der Waals surface area contributed by atoms with Gasteiger partial charge in [-0.2, -0.15) is 0 Å². The third kappa shape index (κ3) is 4.33. The number of anilines is 1. The van der Waals surface area contributed by atoms with Gasteiger partial charge in [-0.3, -0.25) is 4.79 Å². The van der Waals surface area contributed by atoms with Gasteiger partial charge in [0.15, 0.2) is 21.4 Å². The summed E-state index contributed by atoms with van der Waals surface area (Å²) in [6, 6.07) is 11.3. The highest BCUT2D eigenvalue weighted by Crippen LogP contribution is 2.61. The van der Waals surface area contributed by atoms with Crippen molar-refractivity contribution in [3.05, 3.63) is 71.9 Å². The molecule has 0 bridgehead atoms. The number of ether oxygens (including phenoxy) is 2. The van der Waals surface area contributed by atoms with Crippen LogP contribution in [0.1, 0.15) is 17.9 Å². The van der Waals surface area contributed by atoms with Gasteiger partial charge in [0.1, 0.15) is 23.1 Å². The van der Waals surface area contributed by atoms with Gasteiger partial charge in [0.05, 0.1) is 17.7 Å². The second-order valence-electron chi connectivity index (χ2n) is 8.41. The summed E-state index contributed by atoms with van der Waals surface area (Å²) in [7, 11) is -3.29. The number of rotatable bonds is 6. The van der Waals surface area contributed by atoms with E-state index < -0.39 is 21.5 Å². The molecule has 2 aliphatic rings. The smallest absolute Gasteiger partial charge is 0.225 e. The highest BCUT2D eigenvalue weighted by molar-refractivity contribution is 7.90. The first-order valence-corrected chi connectivity index (χ1v) is 12.4. The number of aromatic nitrogens is 1. The zero-order valence-electron chi connectivity index (χ0n) is 18.0. The Balaban J connectivity index is 1.18. The average molecular weight is 486 g/mol. The monoisotopic (exact) mass is 486 g/mol. The van der Waals surface area contributed by atoms with E-state index in [1.807, 2.05) is 0 Å². The van der Waals surface area contributed by atoms with E-state index in [4.69, 9.17) is 9.47 Å². The Kier molecular flexibility index (Phi) is 5.47. The maximum atomic E-state index is 14.3. The van der Waals surface area contributed by atoms with Crippen LogP contribution in [0.2, 0.25) is 0 Å². The molecule has 176 valence electrons. The molecule has 1 amide bonds. The molecular formula is C24H20F2N2O5S. The molecule has 5 rings (SSSR count). The molecule has 2 heterocycles. The van der Waals surface area contributed by atoms with E-state index >= 15 is 0 Å². The maximum Gasteiger partial charge on any atom is 0.225 e. The lowest BCUT2D eigenvalue weighted by Gasteiger charge is -2.17. The summed E-state index contributed by atoms with van der Waals surface area (Å²) in [4.78, 5) is 16.9. The molecule has 34 heavy (non-hydrogen) atoms. The van der Waals surface area contributed by atoms with Crippen LogP contribution in [-0.2, 0) is 14.6 Å². The van der Waals surface area contributed by atoms with E-state index in [0.717, 1.165) is 18.4 Å². The van der Waals surface area contributed by atoms with Crippen molar-refractivity contribution >= 4 is 21.6 Å². The Labute approximate surface area is 194 Å². The summed E-state index contributed by atoms with van der Waals surface area (Å²) in [6.07, 6.45) is 2.70. The number of hydrogen-bond acceptors (Lipinski definition) is 6. The van der Waals surface area contributed by atoms with Crippen molar-refractivity contribution in [2.45, 2.75) is 17.2 Å². The van der Waals surface area contributed by atoms with E-state index in [-0.39, 0.29) is 52.9 Å². The van der Waals surface area contributed by atoms with E-state index in [9.17, 15) is 22.0 Å². The molecule has 1 N–H and O–H groups in total. The van der Waals surface area contributed by atoms with Gasteiger partial charge in [0.2, 0.25) is 5.91 Å². The normalized spacial score (nSPS) is 20.5. The zero-order chi connectivity index (χ0) is 24.0. The average Bonchev–Trinajstić information content (AvgIpc) is 3.49. The van der Waals surface area contributed by atoms with Gasteiger partial charge in [-0.25, -0.2) is 22.2 Å². The van der Waals surface area contributed by atoms with E-state index in [1.165, 1.54) is 30.5 Å². The molecule has 7 nitrogen and oxygen atoms in total. The largest absolute Gasteiger partial charge is 0.490 e. The fourth-order valence-electron chi connectivity index (χ4n) is 4.38. The molecule has 1 fully saturated rings. The second kappa shape index (κ2) is 8.35. The van der Waals surface area contributed by atoms with Gasteiger partial charge in [0.25, 0.3) is 0 Å². The maximum absolute atomic E-state index is 14.3. The van der Waals surface area contributed by atoms with Gasteiger partial charge in [-0.15, -0.1) is 0 Å². The van der Waals surface area contributed by atoms with Crippen molar-refractivity contribution in [3.63, 3.8) is 0 Å². The van der Waals surface area contributed by atoms with Crippen LogP contribution >= 0.6 is 0 Å². The molecule has 10 heteroatoms. The lowest BCUT2D eigenvalue weighted by molar-refractivity contribution is -0.116. The van der Waals surface area contributed by atoms with Crippen molar-refractivity contribution in [2.24, 2.45) is 11.8 Å². The van der Waals surface area contributed by atoms with E-state index in [2.05, 4.69) is 10.3 Å². The Bertz CT molecular complexity index is 1360. The molecule has 3 atom stereocenters. The van der Waals surface area contributed by atoms with Gasteiger partial charge in [-0.1, -0.05) is 0 Å². The third-order valence-electron chi connectivity index (χ3n) is 6.09. The summed E-state index contributed by atoms with van der Waals surface area (Å²) in [5.74, 6) is -0.659. The molecule has 0 saturated heterocycles. The van der Waals surface area contributed by atoms with Crippen LogP contribution < -0.4 is 14.8 Å². The van der Waals surface area contributed by atoms with Gasteiger partial charge in [-0.05, 0) is 54.4 Å². The number of nitrogens with zero attached hydrogens (tertiary/aromatic N) is 1. The van der Waals surface area contributed by atoms with Crippen LogP contribution in [0.25, 0.3) is 0 Å². The first kappa shape index (κ1) is 22.3. The predicted molar refractivity (Wildman–Crippen MR) is 119 cm³/mol. The standard InChI is InChI=1S/C24H20F2N2O5S/c1-34(30,31)15-5-2-13(3-6-15)33-14-4-9-20(27-11-14)28-21(29)10-16-17-12-32-24-19(26)8-7-18(25)23(24)22(16)17/h2-9,11,16-17,22H,10,12H2,1H3,(H,27,28,29)/t16-,17+,22-/m1/s1. The number of hydrogen-bond donors (Lipinski definition) is 1. The molecule has 1 aliphatic heterocycles. The number of benzene rings is 2. The molecular weight excluding hydrogens is 466 g/mol. The van der Waals surface area contributed by atoms with Gasteiger partial charge in [0, 0.05) is 30.1 Å². The minimum Gasteiger partial charge on any atom is -0.490 e. The number of nitrogens with one attached hydrogen (secondary N) is 1. The highest BCUT2D eigenvalue weighted by atomic mass is 32.2. The molecule has 1 aromatic heterocycles. The van der Waals surface area contributed by atoms with E-state index in [0.29, 0.717) is 17.3 Å². The van der Waals surface area contributed by atoms with Crippen LogP contribution in [0, 0.1) is 23.5 Å². The molecule has 1 saturated carbocycles. The van der Waals surface area contributed by atoms with Crippen molar-refractivity contribution < 1.29 is 31.5 Å². The Morgan fingerprint density at radius 2 is 1.79 bits per heavy atom. The van der Waals surface area contributed by atoms with Crippen LogP contribution in [0.3, 0.4) is 0 Å². The van der Waals surface area contributed by atoms with Crippen molar-refractivity contribution in [2.75, 3.05) is 18.2 Å². The summed E-state index contributed by atoms with van der Waals surface area (Å²) in [6.45, 7) is 0.255. The second-order valence-corrected chi connectivity index (χ2v) is 10.4. The zero-order valence-corrected chi connectivity index (χ0v) is 18.8. The third-order valence-corrected chi connectivity index (χ3v) is 7.22. The SMILES string of the molecule is CS(=O)(=O)c1ccc(Oc2ccc(NC(=O)C[C@@H]3[C@@H]4COc5c(F)ccc(F)c5[C@H]34)nc2)cc1. The topological polar surface area (TPSA) is 94.6 Å². The predicted octanol–water partition coefficient (Wildman–Crippen LogP) is 4.31. The summed E-state index contributed by atoms with van der Waals surface area (Å²) in [5.41, 5.74) is 0.221. The fourth-order valence-corrected chi connectivity index (χ4v) is 5.01. The van der Waals surface area contributed by atoms with Gasteiger partial charge >= 0.3 is 0 Å². The van der Waals surface area contributed by atoms with Crippen molar-refractivity contribution in [1.29, 1.82) is 0 Å². The molecule has 0 unspecified atom stereocenters. The number of carbonyl (C=O) groups excluding carboxylic acids is 1. The number of halogens is 2. The molecule has 2 aromatic carbocycles. The van der Waals surface area contributed by atoms with Crippen LogP contribution in [0.4, 0.5) is 14.6 Å². The van der Waals surface area contributed by atoms with Crippen molar-refractivity contribution in [1.82, 2.24) is 4.98 Å². The summed E-state index contributed by atoms with van der Waals surface area (Å²) < 4.78 is 62.3. The van der Waals surface area contributed by atoms with E-state index in [1.54, 1.807) is 12.1 Å². The molecule has 3 aromatic rings. The minimum absolute atomic E-state index is 0.0210. The summed E-state index contributed by atoms with van der Waals surface area (Å²) >= 11 is 0. The Morgan fingerprint density at radius 3 is 2.47 bits per heavy atom. The lowest BCUT2D eigenvalue weighted by Crippen LogP contribution is -2.14. The molecule has 0 radical (unpaired) electrons. The van der Waals surface area contributed by atoms with Crippen LogP contribution in [-0.4, -0.2) is 32.2 Å². The fraction of sp³-hybridized carbons (Fsp3) is 0.250. The number of fused-ring (bicyclic) bond motifs is 3. The van der Waals surface area contributed by atoms with Crippen LogP contribution in [0.15, 0.2) is 59.6 Å². The first-order chi connectivity index (χ1) is 16.2. The Hall–Kier alpha value is -3.53. The number of amides is 1. The lowest BCUT2D eigenvalue weighted by atomic mass is 10.0. The number of pyridine rings is 1. The minimum atomic E-state index is -3.29. The molecule has 1 aliphatic carbocycles. The van der Waals surface area contributed by atoms with Crippen molar-refractivity contribution in [3.8, 4) is 17.2 Å². The Morgan fingerprint density at radius 1 is 1.09 bits per heavy atom. The number of sulfone groups is 1. The first-order valence-electron chi connectivity index (χ1n) is 10.6. The molecule has 0 spiro atoms. The quantitative estimate of drug-likeness (QED) is 0.558.